The Morgan fingerprint density at radius 2 is 1.93 bits per heavy atom. The Bertz CT molecular complexity index is 227. The van der Waals surface area contributed by atoms with Gasteiger partial charge in [-0.2, -0.15) is 0 Å². The number of hydrogen-bond acceptors (Lipinski definition) is 4. The van der Waals surface area contributed by atoms with Crippen LogP contribution in [0, 0.1) is 0 Å². The van der Waals surface area contributed by atoms with E-state index in [2.05, 4.69) is 5.32 Å². The average molecular weight is 215 g/mol. The van der Waals surface area contributed by atoms with E-state index in [1.54, 1.807) is 5.43 Å². The molecule has 0 aromatic carbocycles. The van der Waals surface area contributed by atoms with Gasteiger partial charge in [-0.25, -0.2) is 5.84 Å². The minimum atomic E-state index is -0.837. The van der Waals surface area contributed by atoms with Crippen LogP contribution in [0.2, 0.25) is 0 Å². The van der Waals surface area contributed by atoms with Gasteiger partial charge in [-0.3, -0.25) is 15.0 Å². The van der Waals surface area contributed by atoms with E-state index in [1.165, 1.54) is 12.8 Å². The first-order chi connectivity index (χ1) is 7.24. The largest absolute Gasteiger partial charge is 0.376 e. The lowest BCUT2D eigenvalue weighted by atomic mass is 10.3. The first-order valence-electron chi connectivity index (χ1n) is 5.14. The molecule has 1 aliphatic rings. The average Bonchev–Trinajstić information content (AvgIpc) is 2.75. The number of hydrogen-bond donors (Lipinski definition) is 3. The fraction of sp³-hybridized carbons (Fsp3) is 0.778. The van der Waals surface area contributed by atoms with Crippen LogP contribution < -0.4 is 16.6 Å². The van der Waals surface area contributed by atoms with Gasteiger partial charge in [0.2, 0.25) is 0 Å². The molecule has 6 heteroatoms. The molecule has 6 nitrogen and oxygen atoms in total. The Balaban J connectivity index is 2.00. The van der Waals surface area contributed by atoms with Gasteiger partial charge in [0, 0.05) is 6.54 Å². The molecule has 4 N–H and O–H groups in total. The third-order valence-electron chi connectivity index (χ3n) is 2.38. The molecule has 0 aromatic heterocycles. The summed E-state index contributed by atoms with van der Waals surface area (Å²) >= 11 is 0. The van der Waals surface area contributed by atoms with Crippen LogP contribution in [0.5, 0.6) is 0 Å². The van der Waals surface area contributed by atoms with Crippen molar-refractivity contribution in [2.24, 2.45) is 5.84 Å². The fourth-order valence-electron chi connectivity index (χ4n) is 1.59. The summed E-state index contributed by atoms with van der Waals surface area (Å²) in [7, 11) is 0. The van der Waals surface area contributed by atoms with Crippen molar-refractivity contribution in [1.29, 1.82) is 0 Å². The summed E-state index contributed by atoms with van der Waals surface area (Å²) in [6, 6.07) is 0. The number of ether oxygens (including phenoxy) is 1. The van der Waals surface area contributed by atoms with Gasteiger partial charge >= 0.3 is 11.8 Å². The number of amides is 2. The molecule has 2 amide bonds. The van der Waals surface area contributed by atoms with Crippen molar-refractivity contribution in [1.82, 2.24) is 10.7 Å². The van der Waals surface area contributed by atoms with Gasteiger partial charge in [0.25, 0.3) is 0 Å². The highest BCUT2D eigenvalue weighted by atomic mass is 16.5. The molecule has 0 heterocycles. The summed E-state index contributed by atoms with van der Waals surface area (Å²) in [5.74, 6) is 3.22. The zero-order valence-electron chi connectivity index (χ0n) is 8.62. The molecule has 0 unspecified atom stereocenters. The molecule has 0 aliphatic heterocycles. The number of carbonyl (C=O) groups is 2. The lowest BCUT2D eigenvalue weighted by Gasteiger charge is -2.10. The molecular formula is C9H17N3O3. The SMILES string of the molecule is NNC(=O)C(=O)NCCOC1CCCC1. The molecule has 1 saturated carbocycles. The third-order valence-corrected chi connectivity index (χ3v) is 2.38. The summed E-state index contributed by atoms with van der Waals surface area (Å²) in [6.45, 7) is 0.775. The highest BCUT2D eigenvalue weighted by Gasteiger charge is 2.15. The molecule has 1 rings (SSSR count). The normalized spacial score (nSPS) is 16.3. The summed E-state index contributed by atoms with van der Waals surface area (Å²) in [4.78, 5) is 21.6. The molecule has 1 fully saturated rings. The quantitative estimate of drug-likeness (QED) is 0.185. The van der Waals surface area contributed by atoms with Crippen molar-refractivity contribution in [2.75, 3.05) is 13.2 Å². The van der Waals surface area contributed by atoms with E-state index in [1.807, 2.05) is 0 Å². The molecule has 15 heavy (non-hydrogen) atoms. The van der Waals surface area contributed by atoms with Crippen LogP contribution in [0.15, 0.2) is 0 Å². The molecule has 86 valence electrons. The molecule has 0 spiro atoms. The number of hydrazine groups is 1. The Morgan fingerprint density at radius 1 is 1.27 bits per heavy atom. The van der Waals surface area contributed by atoms with Crippen LogP contribution in [0.25, 0.3) is 0 Å². The Morgan fingerprint density at radius 3 is 2.53 bits per heavy atom. The van der Waals surface area contributed by atoms with Crippen LogP contribution in [-0.4, -0.2) is 31.1 Å². The fourth-order valence-corrected chi connectivity index (χ4v) is 1.59. The smallest absolute Gasteiger partial charge is 0.323 e. The topological polar surface area (TPSA) is 93.5 Å². The minimum absolute atomic E-state index is 0.324. The van der Waals surface area contributed by atoms with Gasteiger partial charge in [0.05, 0.1) is 12.7 Å². The van der Waals surface area contributed by atoms with E-state index in [9.17, 15) is 9.59 Å². The van der Waals surface area contributed by atoms with Gasteiger partial charge in [-0.1, -0.05) is 12.8 Å². The van der Waals surface area contributed by atoms with E-state index in [0.717, 1.165) is 12.8 Å². The van der Waals surface area contributed by atoms with Crippen molar-refractivity contribution in [3.63, 3.8) is 0 Å². The molecule has 0 bridgehead atoms. The highest BCUT2D eigenvalue weighted by molar-refractivity contribution is 6.34. The lowest BCUT2D eigenvalue weighted by Crippen LogP contribution is -2.44. The van der Waals surface area contributed by atoms with Gasteiger partial charge < -0.3 is 10.1 Å². The van der Waals surface area contributed by atoms with E-state index < -0.39 is 11.8 Å². The van der Waals surface area contributed by atoms with Crippen LogP contribution in [0.4, 0.5) is 0 Å². The number of nitrogens with two attached hydrogens (primary N) is 1. The van der Waals surface area contributed by atoms with Gasteiger partial charge in [0.1, 0.15) is 0 Å². The predicted molar refractivity (Wildman–Crippen MR) is 53.5 cm³/mol. The minimum Gasteiger partial charge on any atom is -0.376 e. The molecule has 0 radical (unpaired) electrons. The maximum atomic E-state index is 10.9. The van der Waals surface area contributed by atoms with Crippen LogP contribution in [0.3, 0.4) is 0 Å². The van der Waals surface area contributed by atoms with Gasteiger partial charge in [-0.15, -0.1) is 0 Å². The van der Waals surface area contributed by atoms with Crippen molar-refractivity contribution in [3.8, 4) is 0 Å². The monoisotopic (exact) mass is 215 g/mol. The van der Waals surface area contributed by atoms with Crippen molar-refractivity contribution < 1.29 is 14.3 Å². The van der Waals surface area contributed by atoms with E-state index >= 15 is 0 Å². The summed E-state index contributed by atoms with van der Waals surface area (Å²) in [6.07, 6.45) is 4.94. The zero-order valence-corrected chi connectivity index (χ0v) is 8.62. The second-order valence-corrected chi connectivity index (χ2v) is 3.51. The molecule has 0 saturated heterocycles. The third kappa shape index (κ3) is 4.26. The second-order valence-electron chi connectivity index (χ2n) is 3.51. The van der Waals surface area contributed by atoms with Crippen molar-refractivity contribution in [3.05, 3.63) is 0 Å². The first kappa shape index (κ1) is 11.9. The van der Waals surface area contributed by atoms with Crippen LogP contribution in [0.1, 0.15) is 25.7 Å². The molecular weight excluding hydrogens is 198 g/mol. The van der Waals surface area contributed by atoms with Gasteiger partial charge in [0.15, 0.2) is 0 Å². The Hall–Kier alpha value is -1.14. The summed E-state index contributed by atoms with van der Waals surface area (Å²) < 4.78 is 5.49. The molecule has 0 atom stereocenters. The number of carbonyl (C=O) groups excluding carboxylic acids is 2. The number of rotatable bonds is 4. The zero-order chi connectivity index (χ0) is 11.1. The molecule has 1 aliphatic carbocycles. The summed E-state index contributed by atoms with van der Waals surface area (Å²) in [5, 5.41) is 2.40. The van der Waals surface area contributed by atoms with Crippen molar-refractivity contribution in [2.45, 2.75) is 31.8 Å². The maximum absolute atomic E-state index is 10.9. The summed E-state index contributed by atoms with van der Waals surface area (Å²) in [5.41, 5.74) is 1.75. The van der Waals surface area contributed by atoms with Crippen LogP contribution >= 0.6 is 0 Å². The second kappa shape index (κ2) is 6.36. The lowest BCUT2D eigenvalue weighted by molar-refractivity contribution is -0.139. The van der Waals surface area contributed by atoms with E-state index in [-0.39, 0.29) is 0 Å². The van der Waals surface area contributed by atoms with Crippen molar-refractivity contribution >= 4 is 11.8 Å². The van der Waals surface area contributed by atoms with Crippen LogP contribution in [-0.2, 0) is 14.3 Å². The maximum Gasteiger partial charge on any atom is 0.323 e. The van der Waals surface area contributed by atoms with Gasteiger partial charge in [-0.05, 0) is 12.8 Å². The standard InChI is InChI=1S/C9H17N3O3/c10-12-9(14)8(13)11-5-6-15-7-3-1-2-4-7/h7H,1-6,10H2,(H,11,13)(H,12,14). The molecule has 0 aromatic rings. The van der Waals surface area contributed by atoms with E-state index in [0.29, 0.717) is 19.3 Å². The first-order valence-corrected chi connectivity index (χ1v) is 5.14. The Kier molecular flexibility index (Phi) is 5.06. The van der Waals surface area contributed by atoms with E-state index in [4.69, 9.17) is 10.6 Å². The Labute approximate surface area is 88.5 Å². The number of nitrogens with one attached hydrogen (secondary N) is 2. The predicted octanol–water partition coefficient (Wildman–Crippen LogP) is -0.948. The highest BCUT2D eigenvalue weighted by Crippen LogP contribution is 2.20.